The summed E-state index contributed by atoms with van der Waals surface area (Å²) < 4.78 is 13.3. The third-order valence-corrected chi connectivity index (χ3v) is 4.70. The Hall–Kier alpha value is -1.95. The summed E-state index contributed by atoms with van der Waals surface area (Å²) in [5.41, 5.74) is 1.52. The molecule has 124 valence electrons. The van der Waals surface area contributed by atoms with Crippen LogP contribution in [0.2, 0.25) is 0 Å². The summed E-state index contributed by atoms with van der Waals surface area (Å²) in [4.78, 5) is 27.8. The van der Waals surface area contributed by atoms with E-state index in [-0.39, 0.29) is 36.7 Å². The molecule has 1 saturated heterocycles. The summed E-state index contributed by atoms with van der Waals surface area (Å²) in [5.74, 6) is -0.377. The molecule has 1 aromatic carbocycles. The number of aryl methyl sites for hydroxylation is 1. The van der Waals surface area contributed by atoms with Crippen LogP contribution in [-0.2, 0) is 16.0 Å². The van der Waals surface area contributed by atoms with Gasteiger partial charge in [-0.2, -0.15) is 0 Å². The maximum absolute atomic E-state index is 13.3. The molecular formula is C17H21FN2O3. The minimum absolute atomic E-state index is 0.0174. The average Bonchev–Trinajstić information content (AvgIpc) is 3.02. The van der Waals surface area contributed by atoms with E-state index in [0.717, 1.165) is 18.4 Å². The number of nitrogens with zero attached hydrogens (tertiary/aromatic N) is 2. The number of carbonyl (C=O) groups excluding carboxylic acids is 2. The molecule has 2 aliphatic rings. The first-order valence-corrected chi connectivity index (χ1v) is 8.09. The van der Waals surface area contributed by atoms with Gasteiger partial charge in [-0.05, 0) is 43.0 Å². The Balaban J connectivity index is 1.68. The van der Waals surface area contributed by atoms with Crippen LogP contribution in [0.1, 0.15) is 31.2 Å². The molecule has 1 N–H and O–H groups in total. The van der Waals surface area contributed by atoms with Gasteiger partial charge in [-0.15, -0.1) is 0 Å². The second-order valence-corrected chi connectivity index (χ2v) is 6.13. The van der Waals surface area contributed by atoms with Gasteiger partial charge in [0.25, 0.3) is 0 Å². The van der Waals surface area contributed by atoms with Crippen molar-refractivity contribution in [3.8, 4) is 0 Å². The number of halogens is 1. The lowest BCUT2D eigenvalue weighted by Gasteiger charge is -2.30. The molecule has 0 bridgehead atoms. The minimum Gasteiger partial charge on any atom is -0.394 e. The van der Waals surface area contributed by atoms with E-state index in [9.17, 15) is 19.1 Å². The Morgan fingerprint density at radius 1 is 1.35 bits per heavy atom. The van der Waals surface area contributed by atoms with E-state index in [1.54, 1.807) is 15.9 Å². The van der Waals surface area contributed by atoms with Crippen LogP contribution >= 0.6 is 0 Å². The van der Waals surface area contributed by atoms with Crippen molar-refractivity contribution in [2.45, 2.75) is 38.1 Å². The molecule has 23 heavy (non-hydrogen) atoms. The highest BCUT2D eigenvalue weighted by atomic mass is 19.1. The zero-order chi connectivity index (χ0) is 16.4. The summed E-state index contributed by atoms with van der Waals surface area (Å²) in [7, 11) is 0. The molecule has 0 aliphatic carbocycles. The van der Waals surface area contributed by atoms with E-state index in [1.807, 2.05) is 0 Å². The normalized spacial score (nSPS) is 20.8. The van der Waals surface area contributed by atoms with E-state index in [4.69, 9.17) is 0 Å². The molecule has 2 amide bonds. The Morgan fingerprint density at radius 2 is 2.17 bits per heavy atom. The summed E-state index contributed by atoms with van der Waals surface area (Å²) in [6.45, 7) is 0.946. The van der Waals surface area contributed by atoms with E-state index < -0.39 is 0 Å². The van der Waals surface area contributed by atoms with Gasteiger partial charge >= 0.3 is 0 Å². The average molecular weight is 320 g/mol. The zero-order valence-corrected chi connectivity index (χ0v) is 13.0. The molecule has 0 aromatic heterocycles. The number of fused-ring (bicyclic) bond motifs is 1. The van der Waals surface area contributed by atoms with Gasteiger partial charge < -0.3 is 14.9 Å². The lowest BCUT2D eigenvalue weighted by Crippen LogP contribution is -2.41. The molecule has 0 unspecified atom stereocenters. The number of aliphatic hydroxyl groups is 1. The quantitative estimate of drug-likeness (QED) is 0.914. The SMILES string of the molecule is O=C1CCc2cc(F)ccc2N1CCC(=O)N1CCC[C@@H]1CO. The van der Waals surface area contributed by atoms with Gasteiger partial charge in [-0.25, -0.2) is 4.39 Å². The van der Waals surface area contributed by atoms with E-state index >= 15 is 0 Å². The van der Waals surface area contributed by atoms with Crippen molar-refractivity contribution in [1.82, 2.24) is 4.90 Å². The van der Waals surface area contributed by atoms with Crippen LogP contribution in [0.3, 0.4) is 0 Å². The lowest BCUT2D eigenvalue weighted by molar-refractivity contribution is -0.132. The molecule has 0 saturated carbocycles. The van der Waals surface area contributed by atoms with Gasteiger partial charge in [-0.3, -0.25) is 9.59 Å². The van der Waals surface area contributed by atoms with Gasteiger partial charge in [0, 0.05) is 31.6 Å². The molecule has 2 heterocycles. The summed E-state index contributed by atoms with van der Waals surface area (Å²) in [6, 6.07) is 4.31. The highest BCUT2D eigenvalue weighted by Gasteiger charge is 2.30. The number of rotatable bonds is 4. The summed E-state index contributed by atoms with van der Waals surface area (Å²) >= 11 is 0. The molecule has 6 heteroatoms. The van der Waals surface area contributed by atoms with Crippen molar-refractivity contribution in [3.05, 3.63) is 29.6 Å². The predicted octanol–water partition coefficient (Wildman–Crippen LogP) is 1.48. The van der Waals surface area contributed by atoms with Gasteiger partial charge in [-0.1, -0.05) is 0 Å². The van der Waals surface area contributed by atoms with Gasteiger partial charge in [0.05, 0.1) is 12.6 Å². The predicted molar refractivity (Wildman–Crippen MR) is 83.5 cm³/mol. The first-order chi connectivity index (χ1) is 11.1. The largest absolute Gasteiger partial charge is 0.394 e. The van der Waals surface area contributed by atoms with Crippen LogP contribution in [-0.4, -0.2) is 47.6 Å². The molecule has 0 spiro atoms. The monoisotopic (exact) mass is 320 g/mol. The standard InChI is InChI=1S/C17H21FN2O3/c18-13-4-5-15-12(10-13)3-6-16(22)20(15)9-7-17(23)19-8-1-2-14(19)11-21/h4-5,10,14,21H,1-3,6-9,11H2/t14-/m1/s1. The molecule has 0 radical (unpaired) electrons. The third-order valence-electron chi connectivity index (χ3n) is 4.70. The maximum Gasteiger partial charge on any atom is 0.227 e. The fourth-order valence-electron chi connectivity index (χ4n) is 3.48. The number of aliphatic hydroxyl groups excluding tert-OH is 1. The summed E-state index contributed by atoms with van der Waals surface area (Å²) in [6.07, 6.45) is 2.83. The molecule has 1 aromatic rings. The van der Waals surface area contributed by atoms with Crippen LogP contribution < -0.4 is 4.90 Å². The Morgan fingerprint density at radius 3 is 2.96 bits per heavy atom. The van der Waals surface area contributed by atoms with Crippen molar-refractivity contribution in [1.29, 1.82) is 0 Å². The van der Waals surface area contributed by atoms with Crippen LogP contribution in [0.5, 0.6) is 0 Å². The topological polar surface area (TPSA) is 60.9 Å². The second kappa shape index (κ2) is 6.66. The smallest absolute Gasteiger partial charge is 0.227 e. The maximum atomic E-state index is 13.3. The number of carbonyl (C=O) groups is 2. The molecule has 1 atom stereocenters. The molecular weight excluding hydrogens is 299 g/mol. The number of benzene rings is 1. The highest BCUT2D eigenvalue weighted by Crippen LogP contribution is 2.29. The van der Waals surface area contributed by atoms with Crippen molar-refractivity contribution in [2.24, 2.45) is 0 Å². The lowest BCUT2D eigenvalue weighted by atomic mass is 10.0. The van der Waals surface area contributed by atoms with Crippen molar-refractivity contribution in [2.75, 3.05) is 24.6 Å². The van der Waals surface area contributed by atoms with Crippen LogP contribution in [0.15, 0.2) is 18.2 Å². The van der Waals surface area contributed by atoms with Crippen LogP contribution in [0.4, 0.5) is 10.1 Å². The number of hydrogen-bond donors (Lipinski definition) is 1. The first kappa shape index (κ1) is 15.9. The molecule has 5 nitrogen and oxygen atoms in total. The molecule has 1 fully saturated rings. The van der Waals surface area contributed by atoms with E-state index in [2.05, 4.69) is 0 Å². The van der Waals surface area contributed by atoms with E-state index in [0.29, 0.717) is 31.6 Å². The van der Waals surface area contributed by atoms with Crippen molar-refractivity contribution >= 4 is 17.5 Å². The van der Waals surface area contributed by atoms with Crippen molar-refractivity contribution < 1.29 is 19.1 Å². The van der Waals surface area contributed by atoms with Gasteiger partial charge in [0.2, 0.25) is 11.8 Å². The number of amides is 2. The Kier molecular flexibility index (Phi) is 4.61. The molecule has 3 rings (SSSR count). The second-order valence-electron chi connectivity index (χ2n) is 6.13. The molecule has 2 aliphatic heterocycles. The van der Waals surface area contributed by atoms with Gasteiger partial charge in [0.15, 0.2) is 0 Å². The number of likely N-dealkylation sites (tertiary alicyclic amines) is 1. The van der Waals surface area contributed by atoms with Crippen LogP contribution in [0.25, 0.3) is 0 Å². The van der Waals surface area contributed by atoms with Crippen LogP contribution in [0, 0.1) is 5.82 Å². The number of hydrogen-bond acceptors (Lipinski definition) is 3. The minimum atomic E-state index is -0.308. The Bertz CT molecular complexity index is 620. The number of anilines is 1. The van der Waals surface area contributed by atoms with Gasteiger partial charge in [0.1, 0.15) is 5.82 Å². The highest BCUT2D eigenvalue weighted by molar-refractivity contribution is 5.97. The summed E-state index contributed by atoms with van der Waals surface area (Å²) in [5, 5.41) is 9.31. The Labute approximate surface area is 134 Å². The van der Waals surface area contributed by atoms with E-state index in [1.165, 1.54) is 12.1 Å². The van der Waals surface area contributed by atoms with Crippen molar-refractivity contribution in [3.63, 3.8) is 0 Å². The zero-order valence-electron chi connectivity index (χ0n) is 13.0. The first-order valence-electron chi connectivity index (χ1n) is 8.09. The third kappa shape index (κ3) is 3.22. The fraction of sp³-hybridized carbons (Fsp3) is 0.529. The fourth-order valence-corrected chi connectivity index (χ4v) is 3.48.